The molecule has 1 aromatic carbocycles. The second-order valence-corrected chi connectivity index (χ2v) is 3.45. The largest absolute Gasteiger partial charge is 0.495 e. The Balaban J connectivity index is 2.43. The molecule has 18 heavy (non-hydrogen) atoms. The lowest BCUT2D eigenvalue weighted by Crippen LogP contribution is -2.37. The van der Waals surface area contributed by atoms with Gasteiger partial charge in [-0.1, -0.05) is 12.1 Å². The number of para-hydroxylation sites is 2. The number of carbonyl (C=O) groups excluding carboxylic acids is 1. The Morgan fingerprint density at radius 3 is 2.61 bits per heavy atom. The first-order chi connectivity index (χ1) is 8.42. The molecule has 0 atom stereocenters. The summed E-state index contributed by atoms with van der Waals surface area (Å²) < 4.78 is 40.5. The minimum Gasteiger partial charge on any atom is -0.495 e. The van der Waals surface area contributed by atoms with Gasteiger partial charge in [0.25, 0.3) is 0 Å². The van der Waals surface area contributed by atoms with Crippen LogP contribution in [0.25, 0.3) is 0 Å². The number of amides is 1. The van der Waals surface area contributed by atoms with E-state index in [1.807, 2.05) is 0 Å². The summed E-state index contributed by atoms with van der Waals surface area (Å²) in [6, 6.07) is 6.80. The maximum absolute atomic E-state index is 11.8. The second-order valence-electron chi connectivity index (χ2n) is 3.45. The Morgan fingerprint density at radius 2 is 2.00 bits per heavy atom. The van der Waals surface area contributed by atoms with Gasteiger partial charge in [-0.3, -0.25) is 4.79 Å². The zero-order chi connectivity index (χ0) is 13.6. The molecule has 0 saturated carbocycles. The number of rotatable bonds is 5. The van der Waals surface area contributed by atoms with Crippen LogP contribution in [0.1, 0.15) is 0 Å². The molecule has 0 fully saturated rings. The van der Waals surface area contributed by atoms with Gasteiger partial charge in [0.15, 0.2) is 0 Å². The first-order valence-electron chi connectivity index (χ1n) is 5.13. The fourth-order valence-corrected chi connectivity index (χ4v) is 1.23. The van der Waals surface area contributed by atoms with Gasteiger partial charge in [-0.2, -0.15) is 13.2 Å². The van der Waals surface area contributed by atoms with Crippen LogP contribution < -0.4 is 15.4 Å². The van der Waals surface area contributed by atoms with E-state index in [9.17, 15) is 18.0 Å². The molecule has 0 aliphatic heterocycles. The van der Waals surface area contributed by atoms with Crippen LogP contribution in [-0.2, 0) is 4.79 Å². The van der Waals surface area contributed by atoms with Crippen molar-refractivity contribution in [2.45, 2.75) is 6.18 Å². The number of benzene rings is 1. The third-order valence-corrected chi connectivity index (χ3v) is 2.03. The van der Waals surface area contributed by atoms with Crippen molar-refractivity contribution in [1.82, 2.24) is 5.32 Å². The van der Waals surface area contributed by atoms with Crippen LogP contribution in [0.4, 0.5) is 18.9 Å². The number of ether oxygens (including phenoxy) is 1. The highest BCUT2D eigenvalue weighted by Crippen LogP contribution is 2.22. The first-order valence-corrected chi connectivity index (χ1v) is 5.13. The molecular weight excluding hydrogens is 249 g/mol. The molecule has 0 aliphatic rings. The number of hydrogen-bond donors (Lipinski definition) is 2. The molecule has 0 bridgehead atoms. The molecule has 0 saturated heterocycles. The van der Waals surface area contributed by atoms with Crippen molar-refractivity contribution in [3.8, 4) is 5.75 Å². The molecule has 0 aromatic heterocycles. The number of alkyl halides is 3. The summed E-state index contributed by atoms with van der Waals surface area (Å²) >= 11 is 0. The zero-order valence-corrected chi connectivity index (χ0v) is 9.67. The third kappa shape index (κ3) is 4.94. The number of hydrogen-bond acceptors (Lipinski definition) is 3. The maximum Gasteiger partial charge on any atom is 0.405 e. The van der Waals surface area contributed by atoms with E-state index in [1.54, 1.807) is 29.6 Å². The molecular formula is C11H13F3N2O2. The fraction of sp³-hybridized carbons (Fsp3) is 0.364. The van der Waals surface area contributed by atoms with Crippen molar-refractivity contribution in [3.63, 3.8) is 0 Å². The molecule has 0 radical (unpaired) electrons. The molecule has 1 amide bonds. The fourth-order valence-electron chi connectivity index (χ4n) is 1.23. The third-order valence-electron chi connectivity index (χ3n) is 2.03. The lowest BCUT2D eigenvalue weighted by molar-refractivity contribution is -0.137. The number of nitrogens with one attached hydrogen (secondary N) is 2. The standard InChI is InChI=1S/C11H13F3N2O2/c1-18-9-5-3-2-4-8(9)15-6-10(17)16-7-11(12,13)14/h2-5,15H,6-7H2,1H3,(H,16,17). The summed E-state index contributed by atoms with van der Waals surface area (Å²) in [4.78, 5) is 11.1. The summed E-state index contributed by atoms with van der Waals surface area (Å²) in [6.07, 6.45) is -4.40. The van der Waals surface area contributed by atoms with Gasteiger partial charge >= 0.3 is 6.18 Å². The molecule has 1 aromatic rings. The Hall–Kier alpha value is -1.92. The highest BCUT2D eigenvalue weighted by molar-refractivity contribution is 5.81. The highest BCUT2D eigenvalue weighted by atomic mass is 19.4. The van der Waals surface area contributed by atoms with E-state index in [4.69, 9.17) is 4.74 Å². The molecule has 100 valence electrons. The van der Waals surface area contributed by atoms with Gasteiger partial charge in [0, 0.05) is 0 Å². The van der Waals surface area contributed by atoms with Gasteiger partial charge < -0.3 is 15.4 Å². The molecule has 1 rings (SSSR count). The smallest absolute Gasteiger partial charge is 0.405 e. The summed E-state index contributed by atoms with van der Waals surface area (Å²) in [5.74, 6) is -0.223. The van der Waals surface area contributed by atoms with E-state index in [0.717, 1.165) is 0 Å². The van der Waals surface area contributed by atoms with Crippen molar-refractivity contribution < 1.29 is 22.7 Å². The predicted molar refractivity (Wildman–Crippen MR) is 60.5 cm³/mol. The SMILES string of the molecule is COc1ccccc1NCC(=O)NCC(F)(F)F. The molecule has 0 spiro atoms. The van der Waals surface area contributed by atoms with E-state index >= 15 is 0 Å². The van der Waals surface area contributed by atoms with E-state index < -0.39 is 18.6 Å². The number of methoxy groups -OCH3 is 1. The minimum atomic E-state index is -4.40. The van der Waals surface area contributed by atoms with Gasteiger partial charge in [-0.05, 0) is 12.1 Å². The van der Waals surface area contributed by atoms with Gasteiger partial charge in [-0.15, -0.1) is 0 Å². The second kappa shape index (κ2) is 6.13. The topological polar surface area (TPSA) is 50.4 Å². The number of halogens is 3. The van der Waals surface area contributed by atoms with Crippen LogP contribution in [-0.4, -0.2) is 32.3 Å². The van der Waals surface area contributed by atoms with Gasteiger partial charge in [0.05, 0.1) is 19.3 Å². The van der Waals surface area contributed by atoms with Gasteiger partial charge in [0.2, 0.25) is 5.91 Å². The molecule has 0 unspecified atom stereocenters. The Labute approximate surface area is 102 Å². The lowest BCUT2D eigenvalue weighted by Gasteiger charge is -2.11. The van der Waals surface area contributed by atoms with Crippen LogP contribution in [0.3, 0.4) is 0 Å². The normalized spacial score (nSPS) is 10.9. The Bertz CT molecular complexity index is 408. The van der Waals surface area contributed by atoms with Gasteiger partial charge in [0.1, 0.15) is 12.3 Å². The van der Waals surface area contributed by atoms with Crippen LogP contribution in [0.15, 0.2) is 24.3 Å². The average Bonchev–Trinajstić information content (AvgIpc) is 2.33. The predicted octanol–water partition coefficient (Wildman–Crippen LogP) is 1.79. The Kier molecular flexibility index (Phi) is 4.82. The van der Waals surface area contributed by atoms with Gasteiger partial charge in [-0.25, -0.2) is 0 Å². The van der Waals surface area contributed by atoms with Crippen LogP contribution >= 0.6 is 0 Å². The monoisotopic (exact) mass is 262 g/mol. The summed E-state index contributed by atoms with van der Waals surface area (Å²) in [5.41, 5.74) is 0.544. The zero-order valence-electron chi connectivity index (χ0n) is 9.67. The highest BCUT2D eigenvalue weighted by Gasteiger charge is 2.27. The summed E-state index contributed by atoms with van der Waals surface area (Å²) in [5, 5.41) is 4.46. The van der Waals surface area contributed by atoms with E-state index in [0.29, 0.717) is 11.4 Å². The van der Waals surface area contributed by atoms with Crippen LogP contribution in [0, 0.1) is 0 Å². The molecule has 0 heterocycles. The maximum atomic E-state index is 11.8. The Morgan fingerprint density at radius 1 is 1.33 bits per heavy atom. The van der Waals surface area contributed by atoms with Crippen molar-refractivity contribution >= 4 is 11.6 Å². The number of carbonyl (C=O) groups is 1. The minimum absolute atomic E-state index is 0.254. The van der Waals surface area contributed by atoms with Crippen molar-refractivity contribution in [3.05, 3.63) is 24.3 Å². The lowest BCUT2D eigenvalue weighted by atomic mass is 10.3. The van der Waals surface area contributed by atoms with Crippen molar-refractivity contribution in [2.24, 2.45) is 0 Å². The average molecular weight is 262 g/mol. The first kappa shape index (κ1) is 14.1. The van der Waals surface area contributed by atoms with Crippen molar-refractivity contribution in [2.75, 3.05) is 25.5 Å². The van der Waals surface area contributed by atoms with E-state index in [2.05, 4.69) is 5.32 Å². The molecule has 7 heteroatoms. The molecule has 2 N–H and O–H groups in total. The summed E-state index contributed by atoms with van der Waals surface area (Å²) in [6.45, 7) is -1.59. The summed E-state index contributed by atoms with van der Waals surface area (Å²) in [7, 11) is 1.46. The molecule has 0 aliphatic carbocycles. The quantitative estimate of drug-likeness (QED) is 0.850. The molecule has 4 nitrogen and oxygen atoms in total. The van der Waals surface area contributed by atoms with E-state index in [-0.39, 0.29) is 6.54 Å². The van der Waals surface area contributed by atoms with Crippen LogP contribution in [0.2, 0.25) is 0 Å². The van der Waals surface area contributed by atoms with Crippen molar-refractivity contribution in [1.29, 1.82) is 0 Å². The van der Waals surface area contributed by atoms with E-state index in [1.165, 1.54) is 7.11 Å². The van der Waals surface area contributed by atoms with Crippen LogP contribution in [0.5, 0.6) is 5.75 Å². The number of anilines is 1.